The molecule has 0 saturated heterocycles. The summed E-state index contributed by atoms with van der Waals surface area (Å²) < 4.78 is 43.0. The van der Waals surface area contributed by atoms with E-state index in [0.29, 0.717) is 48.5 Å². The average molecular weight is 540 g/mol. The minimum atomic E-state index is -0.952. The molecule has 40 heavy (non-hydrogen) atoms. The summed E-state index contributed by atoms with van der Waals surface area (Å²) in [5.74, 6) is -1.08. The molecule has 0 unspecified atom stereocenters. The van der Waals surface area contributed by atoms with E-state index in [1.54, 1.807) is 20.1 Å². The fraction of sp³-hybridized carbons (Fsp3) is 0.276. The van der Waals surface area contributed by atoms with Crippen LogP contribution in [0, 0.1) is 46.6 Å². The fourth-order valence-electron chi connectivity index (χ4n) is 5.63. The van der Waals surface area contributed by atoms with Crippen LogP contribution in [0.25, 0.3) is 17.2 Å². The van der Waals surface area contributed by atoms with Gasteiger partial charge in [-0.25, -0.2) is 13.8 Å². The van der Waals surface area contributed by atoms with Crippen LogP contribution < -0.4 is 14.8 Å². The number of rotatable bonds is 8. The largest absolute Gasteiger partial charge is 0.497 e. The highest BCUT2D eigenvalue weighted by molar-refractivity contribution is 5.79. The Bertz CT molecular complexity index is 1720. The molecule has 11 heteroatoms. The van der Waals surface area contributed by atoms with Crippen LogP contribution in [0.15, 0.2) is 42.5 Å². The Morgan fingerprint density at radius 3 is 2.40 bits per heavy atom. The third-order valence-corrected chi connectivity index (χ3v) is 7.48. The van der Waals surface area contributed by atoms with E-state index < -0.39 is 17.4 Å². The van der Waals surface area contributed by atoms with Gasteiger partial charge < -0.3 is 19.4 Å². The lowest BCUT2D eigenvalue weighted by molar-refractivity contribution is -0.0665. The zero-order chi connectivity index (χ0) is 28.1. The van der Waals surface area contributed by atoms with Gasteiger partial charge in [0.05, 0.1) is 24.7 Å². The molecule has 3 fully saturated rings. The molecule has 0 spiro atoms. The number of nitrogens with zero attached hydrogens (tertiary/aromatic N) is 6. The maximum absolute atomic E-state index is 15.1. The fourth-order valence-corrected chi connectivity index (χ4v) is 5.63. The summed E-state index contributed by atoms with van der Waals surface area (Å²) >= 11 is 0. The van der Waals surface area contributed by atoms with Gasteiger partial charge in [0.25, 0.3) is 5.88 Å². The molecule has 0 atom stereocenters. The van der Waals surface area contributed by atoms with Crippen molar-refractivity contribution in [1.29, 1.82) is 10.5 Å². The lowest BCUT2D eigenvalue weighted by atomic mass is 9.40. The highest BCUT2D eigenvalue weighted by atomic mass is 19.1. The molecule has 0 aliphatic heterocycles. The summed E-state index contributed by atoms with van der Waals surface area (Å²) in [5, 5.41) is 21.4. The van der Waals surface area contributed by atoms with Crippen molar-refractivity contribution in [1.82, 2.24) is 19.5 Å². The van der Waals surface area contributed by atoms with Crippen molar-refractivity contribution in [2.75, 3.05) is 12.4 Å². The van der Waals surface area contributed by atoms with E-state index in [1.165, 1.54) is 6.08 Å². The Balaban J connectivity index is 1.42. The monoisotopic (exact) mass is 539 g/mol. The smallest absolute Gasteiger partial charge is 0.251 e. The topological polar surface area (TPSA) is 122 Å². The van der Waals surface area contributed by atoms with E-state index in [4.69, 9.17) is 14.7 Å². The molecule has 0 radical (unpaired) electrons. The quantitative estimate of drug-likeness (QED) is 0.285. The number of aryl methyl sites for hydroxylation is 1. The Hall–Kier alpha value is -5.03. The standard InChI is InChI=1S/C29H23F2N7O2/c1-17-34-25-23(38(17)12-18-5-7-20(39-2)8-6-18)26(36-27(35-25)37-29-13-28(14-29,15-29)16-33)40-24-21(30)10-19(4-3-9-32)11-22(24)31/h3-8,10-11H,12-15H2,1-2H3,(H,35,36,37)/b4-3+. The minimum Gasteiger partial charge on any atom is -0.497 e. The van der Waals surface area contributed by atoms with E-state index in [-0.39, 0.29) is 28.3 Å². The number of anilines is 1. The van der Waals surface area contributed by atoms with Crippen molar-refractivity contribution in [3.05, 3.63) is 71.1 Å². The van der Waals surface area contributed by atoms with E-state index in [1.807, 2.05) is 28.8 Å². The van der Waals surface area contributed by atoms with E-state index >= 15 is 8.78 Å². The molecule has 0 amide bonds. The number of benzene rings is 2. The summed E-state index contributed by atoms with van der Waals surface area (Å²) in [5.41, 5.74) is 1.20. The lowest BCUT2D eigenvalue weighted by Gasteiger charge is -2.66. The van der Waals surface area contributed by atoms with E-state index in [2.05, 4.69) is 26.3 Å². The van der Waals surface area contributed by atoms with Crippen LogP contribution in [-0.2, 0) is 6.54 Å². The summed E-state index contributed by atoms with van der Waals surface area (Å²) in [7, 11) is 1.59. The molecule has 3 aliphatic carbocycles. The molecule has 1 N–H and O–H groups in total. The van der Waals surface area contributed by atoms with Gasteiger partial charge >= 0.3 is 0 Å². The molecule has 9 nitrogen and oxygen atoms in total. The number of nitrogens with one attached hydrogen (secondary N) is 1. The first-order chi connectivity index (χ1) is 19.3. The van der Waals surface area contributed by atoms with Gasteiger partial charge in [0.15, 0.2) is 22.8 Å². The van der Waals surface area contributed by atoms with Gasteiger partial charge in [-0.05, 0) is 67.7 Å². The molecular formula is C29H23F2N7O2. The molecular weight excluding hydrogens is 516 g/mol. The number of aromatic nitrogens is 4. The molecule has 3 saturated carbocycles. The summed E-state index contributed by atoms with van der Waals surface area (Å²) in [6, 6.07) is 13.8. The van der Waals surface area contributed by atoms with Crippen LogP contribution in [-0.4, -0.2) is 32.2 Å². The van der Waals surface area contributed by atoms with Crippen LogP contribution in [0.3, 0.4) is 0 Å². The molecule has 7 rings (SSSR count). The van der Waals surface area contributed by atoms with Crippen molar-refractivity contribution in [3.63, 3.8) is 0 Å². The van der Waals surface area contributed by atoms with Gasteiger partial charge in [0.2, 0.25) is 11.7 Å². The van der Waals surface area contributed by atoms with E-state index in [0.717, 1.165) is 23.8 Å². The van der Waals surface area contributed by atoms with Gasteiger partial charge in [0.1, 0.15) is 11.6 Å². The number of imidazole rings is 1. The number of allylic oxidation sites excluding steroid dienone is 1. The van der Waals surface area contributed by atoms with Crippen molar-refractivity contribution >= 4 is 23.2 Å². The third-order valence-electron chi connectivity index (χ3n) is 7.48. The zero-order valence-electron chi connectivity index (χ0n) is 21.7. The second-order valence-electron chi connectivity index (χ2n) is 10.3. The summed E-state index contributed by atoms with van der Waals surface area (Å²) in [4.78, 5) is 13.7. The molecule has 3 aliphatic rings. The number of nitriles is 2. The minimum absolute atomic E-state index is 0.0682. The Kier molecular flexibility index (Phi) is 5.88. The van der Waals surface area contributed by atoms with Gasteiger partial charge in [-0.15, -0.1) is 0 Å². The van der Waals surface area contributed by atoms with Gasteiger partial charge in [-0.2, -0.15) is 20.5 Å². The molecule has 200 valence electrons. The number of hydrogen-bond donors (Lipinski definition) is 1. The zero-order valence-corrected chi connectivity index (χ0v) is 21.7. The number of halogens is 2. The van der Waals surface area contributed by atoms with Crippen LogP contribution >= 0.6 is 0 Å². The first-order valence-electron chi connectivity index (χ1n) is 12.6. The second kappa shape index (κ2) is 9.31. The van der Waals surface area contributed by atoms with Gasteiger partial charge in [-0.1, -0.05) is 12.1 Å². The van der Waals surface area contributed by atoms with Crippen LogP contribution in [0.1, 0.15) is 36.2 Å². The van der Waals surface area contributed by atoms with Crippen LogP contribution in [0.4, 0.5) is 14.7 Å². The van der Waals surface area contributed by atoms with Crippen molar-refractivity contribution in [3.8, 4) is 29.5 Å². The predicted molar refractivity (Wildman–Crippen MR) is 141 cm³/mol. The first kappa shape index (κ1) is 25.3. The maximum Gasteiger partial charge on any atom is 0.251 e. The number of methoxy groups -OCH3 is 1. The van der Waals surface area contributed by atoms with Crippen molar-refractivity contribution in [2.45, 2.75) is 38.3 Å². The number of hydrogen-bond acceptors (Lipinski definition) is 8. The molecule has 2 aromatic heterocycles. The predicted octanol–water partition coefficient (Wildman–Crippen LogP) is 5.66. The summed E-state index contributed by atoms with van der Waals surface area (Å²) in [6.07, 6.45) is 4.47. The molecule has 2 aromatic carbocycles. The maximum atomic E-state index is 15.1. The van der Waals surface area contributed by atoms with Gasteiger partial charge in [-0.3, -0.25) is 0 Å². The molecule has 2 bridgehead atoms. The third kappa shape index (κ3) is 4.26. The normalized spacial score (nSPS) is 20.9. The lowest BCUT2D eigenvalue weighted by Crippen LogP contribution is -2.70. The summed E-state index contributed by atoms with van der Waals surface area (Å²) in [6.45, 7) is 2.17. The first-order valence-corrected chi connectivity index (χ1v) is 12.6. The number of fused-ring (bicyclic) bond motifs is 1. The highest BCUT2D eigenvalue weighted by Gasteiger charge is 2.69. The van der Waals surface area contributed by atoms with Gasteiger partial charge in [0, 0.05) is 18.2 Å². The average Bonchev–Trinajstić information content (AvgIpc) is 3.21. The number of ether oxygens (including phenoxy) is 2. The van der Waals surface area contributed by atoms with Crippen molar-refractivity contribution < 1.29 is 18.3 Å². The van der Waals surface area contributed by atoms with E-state index in [9.17, 15) is 5.26 Å². The van der Waals surface area contributed by atoms with Crippen LogP contribution in [0.5, 0.6) is 17.4 Å². The second-order valence-corrected chi connectivity index (χ2v) is 10.3. The Labute approximate surface area is 228 Å². The highest BCUT2D eigenvalue weighted by Crippen LogP contribution is 2.67. The van der Waals surface area contributed by atoms with Crippen molar-refractivity contribution in [2.24, 2.45) is 5.41 Å². The SMILES string of the molecule is COc1ccc(Cn2c(C)nc3nc(NC45CC(C#N)(C4)C5)nc(Oc4c(F)cc(/C=C/C#N)cc4F)c32)cc1. The Morgan fingerprint density at radius 2 is 1.77 bits per heavy atom. The molecule has 4 aromatic rings. The van der Waals surface area contributed by atoms with Crippen LogP contribution in [0.2, 0.25) is 0 Å². The molecule has 2 heterocycles. The Morgan fingerprint density at radius 1 is 1.07 bits per heavy atom.